The third-order valence-electron chi connectivity index (χ3n) is 5.04. The molecule has 0 radical (unpaired) electrons. The number of aliphatic carboxylic acids is 1. The number of amides is 4. The molecular weight excluding hydrogens is 442 g/mol. The number of hydrogen-bond acceptors (Lipinski definition) is 6. The van der Waals surface area contributed by atoms with E-state index in [0.717, 1.165) is 0 Å². The molecule has 4 unspecified atom stereocenters. The molecule has 4 amide bonds. The molecule has 8 N–H and O–H groups in total. The first-order valence-corrected chi connectivity index (χ1v) is 11.8. The van der Waals surface area contributed by atoms with Crippen molar-refractivity contribution in [2.45, 2.75) is 97.8 Å². The highest BCUT2D eigenvalue weighted by atomic mass is 16.4. The summed E-state index contributed by atoms with van der Waals surface area (Å²) < 4.78 is 0. The number of carbonyl (C=O) groups is 5. The van der Waals surface area contributed by atoms with E-state index in [1.165, 1.54) is 0 Å². The molecule has 0 saturated heterocycles. The van der Waals surface area contributed by atoms with E-state index >= 15 is 0 Å². The van der Waals surface area contributed by atoms with Crippen LogP contribution in [0.1, 0.15) is 73.6 Å². The van der Waals surface area contributed by atoms with Crippen LogP contribution in [0.25, 0.3) is 0 Å². The van der Waals surface area contributed by atoms with Crippen molar-refractivity contribution in [3.05, 3.63) is 0 Å². The maximum absolute atomic E-state index is 13.0. The first-order valence-electron chi connectivity index (χ1n) is 11.8. The Morgan fingerprint density at radius 2 is 1.09 bits per heavy atom. The SMILES string of the molecule is CC(C)CC(N)C(=O)NC(CCC(N)=O)C(=O)NC(CC(C)C)C(=O)NC(CC(C)C)C(=O)O. The van der Waals surface area contributed by atoms with Crippen LogP contribution in [0.3, 0.4) is 0 Å². The van der Waals surface area contributed by atoms with Crippen LogP contribution in [0.5, 0.6) is 0 Å². The Balaban J connectivity index is 5.56. The molecule has 0 aromatic heterocycles. The number of nitrogens with one attached hydrogen (secondary N) is 3. The Bertz CT molecular complexity index is 710. The molecule has 196 valence electrons. The summed E-state index contributed by atoms with van der Waals surface area (Å²) in [7, 11) is 0. The zero-order chi connectivity index (χ0) is 26.6. The molecular formula is C23H43N5O6. The Morgan fingerprint density at radius 3 is 1.53 bits per heavy atom. The zero-order valence-electron chi connectivity index (χ0n) is 21.2. The second kappa shape index (κ2) is 15.3. The van der Waals surface area contributed by atoms with E-state index < -0.39 is 53.8 Å². The van der Waals surface area contributed by atoms with E-state index in [4.69, 9.17) is 11.5 Å². The third kappa shape index (κ3) is 13.1. The van der Waals surface area contributed by atoms with E-state index in [1.54, 1.807) is 0 Å². The Morgan fingerprint density at radius 1 is 0.676 bits per heavy atom. The van der Waals surface area contributed by atoms with Crippen LogP contribution in [0, 0.1) is 17.8 Å². The molecule has 0 saturated carbocycles. The Labute approximate surface area is 202 Å². The zero-order valence-corrected chi connectivity index (χ0v) is 21.2. The smallest absolute Gasteiger partial charge is 0.326 e. The van der Waals surface area contributed by atoms with Crippen molar-refractivity contribution in [3.8, 4) is 0 Å². The van der Waals surface area contributed by atoms with Crippen molar-refractivity contribution in [1.29, 1.82) is 0 Å². The second-order valence-corrected chi connectivity index (χ2v) is 10.0. The summed E-state index contributed by atoms with van der Waals surface area (Å²) in [6.07, 6.45) is 0.654. The van der Waals surface area contributed by atoms with E-state index in [1.807, 2.05) is 41.5 Å². The number of rotatable bonds is 16. The first-order chi connectivity index (χ1) is 15.6. The molecule has 0 rings (SSSR count). The van der Waals surface area contributed by atoms with Gasteiger partial charge in [-0.25, -0.2) is 4.79 Å². The van der Waals surface area contributed by atoms with Gasteiger partial charge in [0.2, 0.25) is 23.6 Å². The van der Waals surface area contributed by atoms with Gasteiger partial charge in [0.15, 0.2) is 0 Å². The lowest BCUT2D eigenvalue weighted by Crippen LogP contribution is -2.57. The van der Waals surface area contributed by atoms with Crippen LogP contribution < -0.4 is 27.4 Å². The third-order valence-corrected chi connectivity index (χ3v) is 5.04. The lowest BCUT2D eigenvalue weighted by Gasteiger charge is -2.26. The minimum Gasteiger partial charge on any atom is -0.480 e. The predicted octanol–water partition coefficient (Wildman–Crippen LogP) is 0.257. The van der Waals surface area contributed by atoms with Crippen LogP contribution >= 0.6 is 0 Å². The molecule has 34 heavy (non-hydrogen) atoms. The fourth-order valence-corrected chi connectivity index (χ4v) is 3.39. The van der Waals surface area contributed by atoms with Crippen molar-refractivity contribution in [1.82, 2.24) is 16.0 Å². The van der Waals surface area contributed by atoms with Crippen LogP contribution in [0.4, 0.5) is 0 Å². The van der Waals surface area contributed by atoms with Crippen molar-refractivity contribution in [3.63, 3.8) is 0 Å². The minimum absolute atomic E-state index is 0.00236. The van der Waals surface area contributed by atoms with Crippen molar-refractivity contribution in [2.24, 2.45) is 29.2 Å². The maximum Gasteiger partial charge on any atom is 0.326 e. The van der Waals surface area contributed by atoms with Gasteiger partial charge in [0, 0.05) is 6.42 Å². The fraction of sp³-hybridized carbons (Fsp3) is 0.783. The van der Waals surface area contributed by atoms with Gasteiger partial charge in [0.05, 0.1) is 6.04 Å². The van der Waals surface area contributed by atoms with Crippen LogP contribution in [0.2, 0.25) is 0 Å². The van der Waals surface area contributed by atoms with Gasteiger partial charge in [-0.3, -0.25) is 19.2 Å². The van der Waals surface area contributed by atoms with Gasteiger partial charge in [-0.05, 0) is 43.4 Å². The average molecular weight is 486 g/mol. The topological polar surface area (TPSA) is 194 Å². The number of hydrogen-bond donors (Lipinski definition) is 6. The Hall–Kier alpha value is -2.69. The van der Waals surface area contributed by atoms with Gasteiger partial charge in [-0.1, -0.05) is 41.5 Å². The minimum atomic E-state index is -1.16. The van der Waals surface area contributed by atoms with Crippen molar-refractivity contribution >= 4 is 29.6 Å². The number of primary amides is 1. The lowest BCUT2D eigenvalue weighted by atomic mass is 9.99. The molecule has 0 spiro atoms. The number of carbonyl (C=O) groups excluding carboxylic acids is 4. The maximum atomic E-state index is 13.0. The molecule has 0 bridgehead atoms. The largest absolute Gasteiger partial charge is 0.480 e. The summed E-state index contributed by atoms with van der Waals surface area (Å²) in [6, 6.07) is -4.10. The quantitative estimate of drug-likeness (QED) is 0.180. The Kier molecular flexibility index (Phi) is 14.1. The number of carboxylic acid groups (broad SMARTS) is 1. The molecule has 4 atom stereocenters. The molecule has 0 fully saturated rings. The summed E-state index contributed by atoms with van der Waals surface area (Å²) in [4.78, 5) is 61.2. The van der Waals surface area contributed by atoms with Crippen LogP contribution in [-0.4, -0.2) is 58.9 Å². The summed E-state index contributed by atoms with van der Waals surface area (Å²) in [5.74, 6) is -3.48. The molecule has 11 nitrogen and oxygen atoms in total. The predicted molar refractivity (Wildman–Crippen MR) is 128 cm³/mol. The highest BCUT2D eigenvalue weighted by Crippen LogP contribution is 2.10. The lowest BCUT2D eigenvalue weighted by molar-refractivity contribution is -0.143. The summed E-state index contributed by atoms with van der Waals surface area (Å²) in [5.41, 5.74) is 11.1. The van der Waals surface area contributed by atoms with Crippen LogP contribution in [-0.2, 0) is 24.0 Å². The molecule has 0 aliphatic heterocycles. The average Bonchev–Trinajstić information content (AvgIpc) is 2.68. The van der Waals surface area contributed by atoms with Crippen molar-refractivity contribution < 1.29 is 29.1 Å². The van der Waals surface area contributed by atoms with Gasteiger partial charge in [-0.15, -0.1) is 0 Å². The highest BCUT2D eigenvalue weighted by molar-refractivity contribution is 5.94. The molecule has 0 aromatic rings. The number of carboxylic acids is 1. The van der Waals surface area contributed by atoms with E-state index in [9.17, 15) is 29.1 Å². The summed E-state index contributed by atoms with van der Waals surface area (Å²) in [5, 5.41) is 17.1. The van der Waals surface area contributed by atoms with Gasteiger partial charge in [0.1, 0.15) is 18.1 Å². The molecule has 11 heteroatoms. The molecule has 0 aliphatic rings. The van der Waals surface area contributed by atoms with Gasteiger partial charge >= 0.3 is 5.97 Å². The highest BCUT2D eigenvalue weighted by Gasteiger charge is 2.31. The van der Waals surface area contributed by atoms with E-state index in [2.05, 4.69) is 16.0 Å². The van der Waals surface area contributed by atoms with E-state index in [0.29, 0.717) is 6.42 Å². The number of nitrogens with two attached hydrogens (primary N) is 2. The monoisotopic (exact) mass is 485 g/mol. The summed E-state index contributed by atoms with van der Waals surface area (Å²) >= 11 is 0. The normalized spacial score (nSPS) is 14.9. The van der Waals surface area contributed by atoms with Gasteiger partial charge < -0.3 is 32.5 Å². The van der Waals surface area contributed by atoms with Gasteiger partial charge in [0.25, 0.3) is 0 Å². The van der Waals surface area contributed by atoms with E-state index in [-0.39, 0.29) is 43.4 Å². The standard InChI is InChI=1S/C23H43N5O6/c1-12(2)9-15(24)20(30)26-16(7-8-19(25)29)21(31)27-17(10-13(3)4)22(32)28-18(23(33)34)11-14(5)6/h12-18H,7-11,24H2,1-6H3,(H2,25,29)(H,26,30)(H,27,31)(H,28,32)(H,33,34). The molecule has 0 aliphatic carbocycles. The fourth-order valence-electron chi connectivity index (χ4n) is 3.39. The van der Waals surface area contributed by atoms with Crippen LogP contribution in [0.15, 0.2) is 0 Å². The van der Waals surface area contributed by atoms with Crippen molar-refractivity contribution in [2.75, 3.05) is 0 Å². The summed E-state index contributed by atoms with van der Waals surface area (Å²) in [6.45, 7) is 11.2. The second-order valence-electron chi connectivity index (χ2n) is 10.0. The molecule has 0 heterocycles. The molecule has 0 aromatic carbocycles. The van der Waals surface area contributed by atoms with Gasteiger partial charge in [-0.2, -0.15) is 0 Å². The first kappa shape index (κ1) is 31.3.